The molecule has 0 aliphatic carbocycles. The number of alkyl carbamates (subject to hydrolysis) is 1. The van der Waals surface area contributed by atoms with Crippen molar-refractivity contribution in [2.75, 3.05) is 19.6 Å². The highest BCUT2D eigenvalue weighted by Gasteiger charge is 2.52. The van der Waals surface area contributed by atoms with Crippen LogP contribution in [0.5, 0.6) is 0 Å². The van der Waals surface area contributed by atoms with Crippen LogP contribution in [0.2, 0.25) is 0 Å². The quantitative estimate of drug-likeness (QED) is 0.472. The Morgan fingerprint density at radius 2 is 1.70 bits per heavy atom. The molecule has 3 aliphatic heterocycles. The van der Waals surface area contributed by atoms with Crippen molar-refractivity contribution in [2.24, 2.45) is 0 Å². The molecule has 1 aromatic carbocycles. The molecule has 3 fully saturated rings. The summed E-state index contributed by atoms with van der Waals surface area (Å²) in [5.74, 6) is -1.02. The van der Waals surface area contributed by atoms with E-state index in [0.29, 0.717) is 31.5 Å². The molecule has 1 N–H and O–H groups in total. The van der Waals surface area contributed by atoms with Gasteiger partial charge in [0.25, 0.3) is 0 Å². The average molecular weight is 618 g/mol. The predicted octanol–water partition coefficient (Wildman–Crippen LogP) is 4.48. The van der Waals surface area contributed by atoms with Crippen LogP contribution in [0.25, 0.3) is 0 Å². The smallest absolute Gasteiger partial charge is 0.416 e. The maximum Gasteiger partial charge on any atom is 0.416 e. The van der Waals surface area contributed by atoms with Gasteiger partial charge in [0.05, 0.1) is 29.3 Å². The van der Waals surface area contributed by atoms with E-state index >= 15 is 0 Å². The number of likely N-dealkylation sites (tertiary alicyclic amines) is 3. The van der Waals surface area contributed by atoms with Gasteiger partial charge in [0.1, 0.15) is 17.7 Å². The number of nitrogens with one attached hydrogen (secondary N) is 1. The molecule has 2 bridgehead atoms. The number of carbonyl (C=O) groups is 3. The van der Waals surface area contributed by atoms with E-state index in [1.807, 2.05) is 0 Å². The fraction of sp³-hybridized carbons (Fsp3) is 0.643. The van der Waals surface area contributed by atoms with E-state index in [1.165, 1.54) is 16.7 Å². The zero-order valence-electron chi connectivity index (χ0n) is 24.1. The molecule has 9 nitrogen and oxygen atoms in total. The normalized spacial score (nSPS) is 24.2. The van der Waals surface area contributed by atoms with Gasteiger partial charge in [-0.05, 0) is 70.7 Å². The molecule has 3 heterocycles. The van der Waals surface area contributed by atoms with Crippen LogP contribution in [0.15, 0.2) is 18.2 Å². The lowest BCUT2D eigenvalue weighted by Gasteiger charge is -2.39. The number of ether oxygens (including phenoxy) is 1. The van der Waals surface area contributed by atoms with Gasteiger partial charge >= 0.3 is 18.4 Å². The molecule has 0 spiro atoms. The van der Waals surface area contributed by atoms with Gasteiger partial charge in [-0.2, -0.15) is 31.6 Å². The van der Waals surface area contributed by atoms with Crippen molar-refractivity contribution in [2.45, 2.75) is 95.1 Å². The fourth-order valence-corrected chi connectivity index (χ4v) is 6.01. The summed E-state index contributed by atoms with van der Waals surface area (Å²) in [7, 11) is 0. The second-order valence-corrected chi connectivity index (χ2v) is 12.1. The second kappa shape index (κ2) is 11.5. The number of fused-ring (bicyclic) bond motifs is 2. The number of nitrogens with zero attached hydrogens (tertiary/aromatic N) is 4. The Hall–Kier alpha value is -3.54. The number of amides is 3. The van der Waals surface area contributed by atoms with E-state index in [2.05, 4.69) is 11.4 Å². The third kappa shape index (κ3) is 7.00. The van der Waals surface area contributed by atoms with Gasteiger partial charge in [-0.15, -0.1) is 0 Å². The van der Waals surface area contributed by atoms with Crippen LogP contribution in [0, 0.1) is 11.3 Å². The predicted molar refractivity (Wildman–Crippen MR) is 139 cm³/mol. The Morgan fingerprint density at radius 1 is 1.09 bits per heavy atom. The van der Waals surface area contributed by atoms with Crippen LogP contribution >= 0.6 is 0 Å². The number of benzene rings is 1. The highest BCUT2D eigenvalue weighted by atomic mass is 19.4. The van der Waals surface area contributed by atoms with Crippen LogP contribution in [0.1, 0.15) is 69.7 Å². The lowest BCUT2D eigenvalue weighted by molar-refractivity contribution is -0.143. The molecule has 43 heavy (non-hydrogen) atoms. The van der Waals surface area contributed by atoms with Crippen molar-refractivity contribution in [3.63, 3.8) is 0 Å². The molecular weight excluding hydrogens is 584 g/mol. The number of alkyl halides is 6. The summed E-state index contributed by atoms with van der Waals surface area (Å²) >= 11 is 0. The van der Waals surface area contributed by atoms with Crippen LogP contribution in [-0.4, -0.2) is 82.0 Å². The molecule has 0 aromatic heterocycles. The van der Waals surface area contributed by atoms with Crippen molar-refractivity contribution >= 4 is 17.9 Å². The summed E-state index contributed by atoms with van der Waals surface area (Å²) in [4.78, 5) is 43.9. The highest BCUT2D eigenvalue weighted by molar-refractivity contribution is 5.88. The molecule has 15 heteroatoms. The molecule has 3 saturated heterocycles. The van der Waals surface area contributed by atoms with Crippen molar-refractivity contribution in [3.05, 3.63) is 34.9 Å². The summed E-state index contributed by atoms with van der Waals surface area (Å²) in [6, 6.07) is -0.915. The maximum atomic E-state index is 13.5. The third-order valence-electron chi connectivity index (χ3n) is 7.92. The average Bonchev–Trinajstić information content (AvgIpc) is 3.59. The summed E-state index contributed by atoms with van der Waals surface area (Å²) in [6.07, 6.45) is -9.59. The molecule has 5 atom stereocenters. The molecule has 1 unspecified atom stereocenters. The molecule has 0 saturated carbocycles. The van der Waals surface area contributed by atoms with E-state index in [4.69, 9.17) is 4.74 Å². The number of rotatable bonds is 6. The van der Waals surface area contributed by atoms with Crippen molar-refractivity contribution in [1.82, 2.24) is 20.0 Å². The molecule has 0 radical (unpaired) electrons. The van der Waals surface area contributed by atoms with Gasteiger partial charge in [-0.1, -0.05) is 0 Å². The highest BCUT2D eigenvalue weighted by Crippen LogP contribution is 2.42. The zero-order chi connectivity index (χ0) is 32.1. The van der Waals surface area contributed by atoms with Crippen molar-refractivity contribution in [1.29, 1.82) is 5.26 Å². The molecule has 1 aromatic rings. The molecular formula is C28H33F6N5O4. The topological polar surface area (TPSA) is 106 Å². The van der Waals surface area contributed by atoms with Gasteiger partial charge in [0.15, 0.2) is 0 Å². The Balaban J connectivity index is 1.54. The van der Waals surface area contributed by atoms with Crippen LogP contribution in [-0.2, 0) is 26.7 Å². The number of hydrogen-bond acceptors (Lipinski definition) is 6. The van der Waals surface area contributed by atoms with Gasteiger partial charge in [-0.25, -0.2) is 4.79 Å². The first-order valence-electron chi connectivity index (χ1n) is 13.9. The van der Waals surface area contributed by atoms with Gasteiger partial charge < -0.3 is 19.9 Å². The van der Waals surface area contributed by atoms with Crippen LogP contribution < -0.4 is 5.32 Å². The molecule has 236 valence electrons. The minimum Gasteiger partial charge on any atom is -0.444 e. The third-order valence-corrected chi connectivity index (χ3v) is 7.92. The Kier molecular flexibility index (Phi) is 8.67. The first-order valence-corrected chi connectivity index (χ1v) is 13.9. The first-order chi connectivity index (χ1) is 19.8. The molecule has 3 aliphatic rings. The Labute approximate surface area is 244 Å². The standard InChI is InChI=1S/C28H33F6N5O4/c1-15(16-8-17(27(29,30)31)10-18(9-16)28(32,33)34)39-20-11-22(24(39)41)37(13-20)14-21(36-25(42)43-26(2,3)4)23(40)38-7-5-6-19(38)12-35/h8-10,15,19-22H,5-7,11,13-14H2,1-4H3,(H,36,42)/t15-,19+,20?,21+,22+/m1/s1. The summed E-state index contributed by atoms with van der Waals surface area (Å²) in [5, 5.41) is 12.0. The number of nitriles is 1. The van der Waals surface area contributed by atoms with Gasteiger partial charge in [0, 0.05) is 25.7 Å². The zero-order valence-corrected chi connectivity index (χ0v) is 24.1. The van der Waals surface area contributed by atoms with E-state index < -0.39 is 77.2 Å². The summed E-state index contributed by atoms with van der Waals surface area (Å²) in [5.41, 5.74) is -4.09. The molecule has 4 rings (SSSR count). The Bertz CT molecular complexity index is 1270. The second-order valence-electron chi connectivity index (χ2n) is 12.1. The van der Waals surface area contributed by atoms with E-state index in [1.54, 1.807) is 25.7 Å². The van der Waals surface area contributed by atoms with Crippen LogP contribution in [0.3, 0.4) is 0 Å². The van der Waals surface area contributed by atoms with Gasteiger partial charge in [-0.3, -0.25) is 14.5 Å². The van der Waals surface area contributed by atoms with Crippen molar-refractivity contribution < 1.29 is 45.5 Å². The summed E-state index contributed by atoms with van der Waals surface area (Å²) in [6.45, 7) is 6.69. The van der Waals surface area contributed by atoms with Gasteiger partial charge in [0.2, 0.25) is 11.8 Å². The lowest BCUT2D eigenvalue weighted by Crippen LogP contribution is -2.59. The number of carbonyl (C=O) groups excluding carboxylic acids is 3. The monoisotopic (exact) mass is 617 g/mol. The first kappa shape index (κ1) is 32.4. The lowest BCUT2D eigenvalue weighted by atomic mass is 9.98. The van der Waals surface area contributed by atoms with E-state index in [9.17, 15) is 46.0 Å². The maximum absolute atomic E-state index is 13.5. The van der Waals surface area contributed by atoms with Crippen LogP contribution in [0.4, 0.5) is 31.1 Å². The fourth-order valence-electron chi connectivity index (χ4n) is 6.01. The minimum absolute atomic E-state index is 0.0436. The number of halogens is 6. The minimum atomic E-state index is -5.02. The van der Waals surface area contributed by atoms with Crippen molar-refractivity contribution in [3.8, 4) is 6.07 Å². The molecule has 3 amide bonds. The number of piperazine rings is 1. The Morgan fingerprint density at radius 3 is 2.21 bits per heavy atom. The van der Waals surface area contributed by atoms with E-state index in [0.717, 1.165) is 0 Å². The summed E-state index contributed by atoms with van der Waals surface area (Å²) < 4.78 is 85.9. The number of hydrogen-bond donors (Lipinski definition) is 1. The SMILES string of the molecule is C[C@H](c1cc(C(F)(F)F)cc(C(F)(F)F)c1)N1C(=O)[C@@H]2CC1CN2C[C@H](NC(=O)OC(C)(C)C)C(=O)N1CCC[C@H]1C#N. The largest absolute Gasteiger partial charge is 0.444 e. The van der Waals surface area contributed by atoms with E-state index in [-0.39, 0.29) is 31.1 Å².